The van der Waals surface area contributed by atoms with E-state index in [9.17, 15) is 10.0 Å². The molecule has 0 aromatic heterocycles. The van der Waals surface area contributed by atoms with Gasteiger partial charge in [0, 0.05) is 32.9 Å². The highest BCUT2D eigenvalue weighted by Crippen LogP contribution is 2.25. The average molecular weight is 243 g/mol. The summed E-state index contributed by atoms with van der Waals surface area (Å²) in [6.07, 6.45) is 1.09. The second-order valence-electron chi connectivity index (χ2n) is 5.86. The van der Waals surface area contributed by atoms with Crippen LogP contribution in [0.1, 0.15) is 40.5 Å². The molecule has 0 saturated carbocycles. The van der Waals surface area contributed by atoms with Crippen LogP contribution in [0.2, 0.25) is 0 Å². The Labute approximate surface area is 103 Å². The van der Waals surface area contributed by atoms with Crippen molar-refractivity contribution < 1.29 is 19.5 Å². The molecule has 17 heavy (non-hydrogen) atoms. The van der Waals surface area contributed by atoms with Gasteiger partial charge < -0.3 is 9.64 Å². The van der Waals surface area contributed by atoms with Gasteiger partial charge in [-0.3, -0.25) is 5.21 Å². The van der Waals surface area contributed by atoms with Crippen molar-refractivity contribution >= 4 is 12.8 Å². The molecule has 1 rings (SSSR count). The maximum atomic E-state index is 11.8. The molecule has 98 valence electrons. The zero-order valence-electron chi connectivity index (χ0n) is 11.2. The number of rotatable bonds is 1. The molecule has 1 fully saturated rings. The van der Waals surface area contributed by atoms with Gasteiger partial charge in [-0.1, -0.05) is 0 Å². The molecule has 1 heterocycles. The van der Waals surface area contributed by atoms with E-state index < -0.39 is 5.60 Å². The van der Waals surface area contributed by atoms with Gasteiger partial charge in [-0.15, -0.1) is 0 Å². The molecule has 1 amide bonds. The molecule has 0 aromatic rings. The van der Waals surface area contributed by atoms with E-state index in [4.69, 9.17) is 4.74 Å². The van der Waals surface area contributed by atoms with Crippen molar-refractivity contribution in [1.29, 1.82) is 0 Å². The zero-order valence-corrected chi connectivity index (χ0v) is 11.2. The number of nitrogens with zero attached hydrogens (tertiary/aromatic N) is 2. The Morgan fingerprint density at radius 2 is 1.88 bits per heavy atom. The summed E-state index contributed by atoms with van der Waals surface area (Å²) in [6.45, 7) is 12.2. The molecule has 0 radical (unpaired) electrons. The monoisotopic (exact) mass is 243 g/mol. The number of carbonyl (C=O) groups excluding carboxylic acids is 1. The molecule has 0 spiro atoms. The fraction of sp³-hybridized carbons (Fsp3) is 0.833. The number of carbonyl (C=O) groups is 1. The van der Waals surface area contributed by atoms with Crippen LogP contribution in [0.4, 0.5) is 4.79 Å². The van der Waals surface area contributed by atoms with Crippen molar-refractivity contribution in [3.8, 4) is 0 Å². The zero-order chi connectivity index (χ0) is 13.3. The molecular weight excluding hydrogens is 220 g/mol. The van der Waals surface area contributed by atoms with E-state index in [-0.39, 0.29) is 11.6 Å². The lowest BCUT2D eigenvalue weighted by Crippen LogP contribution is -2.50. The van der Waals surface area contributed by atoms with Gasteiger partial charge in [0.1, 0.15) is 5.60 Å². The summed E-state index contributed by atoms with van der Waals surface area (Å²) in [5.41, 5.74) is -0.814. The molecule has 0 bridgehead atoms. The van der Waals surface area contributed by atoms with Crippen molar-refractivity contribution in [1.82, 2.24) is 4.90 Å². The van der Waals surface area contributed by atoms with Crippen LogP contribution in [0.5, 0.6) is 0 Å². The van der Waals surface area contributed by atoms with Crippen LogP contribution in [0.25, 0.3) is 0 Å². The smallest absolute Gasteiger partial charge is 0.410 e. The maximum Gasteiger partial charge on any atom is 0.410 e. The predicted molar refractivity (Wildman–Crippen MR) is 64.6 cm³/mol. The first-order valence-corrected chi connectivity index (χ1v) is 5.92. The average Bonchev–Trinajstić information content (AvgIpc) is 2.15. The van der Waals surface area contributed by atoms with Gasteiger partial charge in [-0.25, -0.2) is 4.79 Å². The fourth-order valence-electron chi connectivity index (χ4n) is 1.76. The fourth-order valence-corrected chi connectivity index (χ4v) is 1.76. The molecule has 1 aliphatic rings. The third-order valence-electron chi connectivity index (χ3n) is 3.12. The van der Waals surface area contributed by atoms with Crippen molar-refractivity contribution in [2.24, 2.45) is 0 Å². The lowest BCUT2D eigenvalue weighted by Gasteiger charge is -2.34. The van der Waals surface area contributed by atoms with E-state index in [1.807, 2.05) is 27.7 Å². The first kappa shape index (κ1) is 13.8. The normalized spacial score (nSPS) is 19.9. The summed E-state index contributed by atoms with van der Waals surface area (Å²) in [6, 6.07) is 0. The topological polar surface area (TPSA) is 52.8 Å². The Hall–Kier alpha value is -1.26. The summed E-state index contributed by atoms with van der Waals surface area (Å²) < 4.78 is 6.30. The minimum absolute atomic E-state index is 0.284. The number of amides is 1. The molecule has 0 aromatic carbocycles. The predicted octanol–water partition coefficient (Wildman–Crippen LogP) is 1.88. The van der Waals surface area contributed by atoms with Crippen LogP contribution in [0.15, 0.2) is 0 Å². The molecule has 1 saturated heterocycles. The molecule has 0 aliphatic carbocycles. The van der Waals surface area contributed by atoms with Crippen molar-refractivity contribution in [2.75, 3.05) is 13.1 Å². The highest BCUT2D eigenvalue weighted by Gasteiger charge is 2.41. The van der Waals surface area contributed by atoms with E-state index >= 15 is 0 Å². The van der Waals surface area contributed by atoms with Crippen LogP contribution >= 0.6 is 0 Å². The number of hydrogen-bond acceptors (Lipinski definition) is 3. The largest absolute Gasteiger partial charge is 0.444 e. The second kappa shape index (κ2) is 4.55. The summed E-state index contributed by atoms with van der Waals surface area (Å²) in [5, 5.41) is 9.44. The lowest BCUT2D eigenvalue weighted by atomic mass is 9.90. The Balaban J connectivity index is 2.53. The van der Waals surface area contributed by atoms with Gasteiger partial charge in [-0.05, 0) is 25.5 Å². The van der Waals surface area contributed by atoms with Crippen LogP contribution in [-0.2, 0) is 4.74 Å². The summed E-state index contributed by atoms with van der Waals surface area (Å²) in [7, 11) is 0. The summed E-state index contributed by atoms with van der Waals surface area (Å²) in [5.74, 6) is 0. The van der Waals surface area contributed by atoms with Crippen LogP contribution < -0.4 is 0 Å². The van der Waals surface area contributed by atoms with E-state index in [0.717, 1.165) is 4.74 Å². The van der Waals surface area contributed by atoms with Gasteiger partial charge in [0.05, 0.1) is 0 Å². The van der Waals surface area contributed by atoms with Crippen LogP contribution in [0.3, 0.4) is 0 Å². The Bertz CT molecular complexity index is 312. The Morgan fingerprint density at radius 3 is 2.24 bits per heavy atom. The van der Waals surface area contributed by atoms with Gasteiger partial charge in [0.2, 0.25) is 5.54 Å². The number of ether oxygens (including phenoxy) is 1. The van der Waals surface area contributed by atoms with Crippen molar-refractivity contribution in [2.45, 2.75) is 51.7 Å². The van der Waals surface area contributed by atoms with Crippen LogP contribution in [-0.4, -0.2) is 51.9 Å². The third kappa shape index (κ3) is 3.61. The van der Waals surface area contributed by atoms with E-state index in [1.165, 1.54) is 0 Å². The molecule has 0 unspecified atom stereocenters. The Morgan fingerprint density at radius 1 is 1.41 bits per heavy atom. The molecule has 1 N–H and O–H groups in total. The molecule has 5 nitrogen and oxygen atoms in total. The minimum Gasteiger partial charge on any atom is -0.444 e. The maximum absolute atomic E-state index is 11.8. The van der Waals surface area contributed by atoms with Crippen LogP contribution in [0, 0.1) is 0 Å². The Kier molecular flexibility index (Phi) is 3.69. The first-order chi connectivity index (χ1) is 7.64. The SMILES string of the molecule is C=[N+](O)C1(C)CCN(C(=O)OC(C)(C)C)CC1. The number of hydroxylamine groups is 1. The number of hydrogen-bond donors (Lipinski definition) is 1. The quantitative estimate of drug-likeness (QED) is 0.331. The van der Waals surface area contributed by atoms with Crippen molar-refractivity contribution in [3.63, 3.8) is 0 Å². The summed E-state index contributed by atoms with van der Waals surface area (Å²) >= 11 is 0. The molecule has 5 heteroatoms. The highest BCUT2D eigenvalue weighted by atomic mass is 16.6. The van der Waals surface area contributed by atoms with Gasteiger partial charge in [-0.2, -0.15) is 0 Å². The minimum atomic E-state index is -0.465. The summed E-state index contributed by atoms with van der Waals surface area (Å²) in [4.78, 5) is 13.5. The van der Waals surface area contributed by atoms with E-state index in [0.29, 0.717) is 25.9 Å². The number of piperidine rings is 1. The van der Waals surface area contributed by atoms with Crippen molar-refractivity contribution in [3.05, 3.63) is 0 Å². The first-order valence-electron chi connectivity index (χ1n) is 5.92. The number of likely N-dealkylation sites (tertiary alicyclic amines) is 1. The van der Waals surface area contributed by atoms with Gasteiger partial charge >= 0.3 is 6.09 Å². The van der Waals surface area contributed by atoms with Gasteiger partial charge in [0.15, 0.2) is 6.72 Å². The second-order valence-corrected chi connectivity index (χ2v) is 5.86. The molecule has 1 aliphatic heterocycles. The highest BCUT2D eigenvalue weighted by molar-refractivity contribution is 5.68. The third-order valence-corrected chi connectivity index (χ3v) is 3.12. The van der Waals surface area contributed by atoms with Gasteiger partial charge in [0.25, 0.3) is 0 Å². The standard InChI is InChI=1S/C12H23N2O3/c1-11(2,3)17-10(15)14-8-6-12(4,7-9-14)13(5)16/h16H,5-9H2,1-4H3/q+1. The van der Waals surface area contributed by atoms with E-state index in [1.54, 1.807) is 4.90 Å². The lowest BCUT2D eigenvalue weighted by molar-refractivity contribution is -0.821. The molecular formula is C12H23N2O3+. The molecule has 0 atom stereocenters. The van der Waals surface area contributed by atoms with E-state index in [2.05, 4.69) is 6.72 Å².